The molecule has 2 amide bonds. The largest absolute Gasteiger partial charge is 0.341 e. The van der Waals surface area contributed by atoms with Gasteiger partial charge in [-0.3, -0.25) is 9.59 Å². The van der Waals surface area contributed by atoms with E-state index in [1.165, 1.54) is 5.56 Å². The third-order valence-corrected chi connectivity index (χ3v) is 6.03. The number of carbonyl (C=O) groups is 2. The first-order valence-electron chi connectivity index (χ1n) is 10.1. The Morgan fingerprint density at radius 2 is 1.71 bits per heavy atom. The Morgan fingerprint density at radius 1 is 1.04 bits per heavy atom. The maximum Gasteiger partial charge on any atom is 0.239 e. The molecule has 146 valence electrons. The molecule has 28 heavy (non-hydrogen) atoms. The number of para-hydroxylation sites is 1. The van der Waals surface area contributed by atoms with E-state index in [4.69, 9.17) is 0 Å². The Balaban J connectivity index is 1.61. The van der Waals surface area contributed by atoms with Crippen LogP contribution < -0.4 is 4.90 Å². The standard InChI is InChI=1S/C24H28N2O2/c1-23(2,3)21(27)25-16-14-24(17-25)19-11-7-8-12-20(19)26(22(24)28)15-13-18-9-5-4-6-10-18/h4-12H,13-17H2,1-3H3. The Labute approximate surface area is 167 Å². The van der Waals surface area contributed by atoms with Crippen LogP contribution in [-0.4, -0.2) is 36.3 Å². The molecule has 2 aliphatic rings. The van der Waals surface area contributed by atoms with Gasteiger partial charge in [-0.2, -0.15) is 0 Å². The van der Waals surface area contributed by atoms with Gasteiger partial charge in [0, 0.05) is 30.7 Å². The molecule has 4 heteroatoms. The van der Waals surface area contributed by atoms with E-state index in [0.717, 1.165) is 17.7 Å². The summed E-state index contributed by atoms with van der Waals surface area (Å²) in [6, 6.07) is 18.4. The molecular weight excluding hydrogens is 348 g/mol. The minimum atomic E-state index is -0.589. The van der Waals surface area contributed by atoms with Gasteiger partial charge in [0.25, 0.3) is 0 Å². The number of hydrogen-bond acceptors (Lipinski definition) is 2. The molecule has 0 aromatic heterocycles. The summed E-state index contributed by atoms with van der Waals surface area (Å²) < 4.78 is 0. The van der Waals surface area contributed by atoms with E-state index in [1.807, 2.05) is 67.0 Å². The second-order valence-corrected chi connectivity index (χ2v) is 9.02. The van der Waals surface area contributed by atoms with E-state index >= 15 is 0 Å². The molecule has 2 heterocycles. The van der Waals surface area contributed by atoms with Crippen LogP contribution in [-0.2, 0) is 21.4 Å². The zero-order chi connectivity index (χ0) is 19.9. The maximum absolute atomic E-state index is 13.6. The summed E-state index contributed by atoms with van der Waals surface area (Å²) in [6.07, 6.45) is 1.52. The van der Waals surface area contributed by atoms with Gasteiger partial charge in [0.05, 0.1) is 5.41 Å². The van der Waals surface area contributed by atoms with Crippen molar-refractivity contribution in [2.45, 2.75) is 39.0 Å². The first-order valence-corrected chi connectivity index (χ1v) is 10.1. The average Bonchev–Trinajstić information content (AvgIpc) is 3.22. The first-order chi connectivity index (χ1) is 13.3. The first kappa shape index (κ1) is 18.7. The third-order valence-electron chi connectivity index (χ3n) is 6.03. The van der Waals surface area contributed by atoms with E-state index in [-0.39, 0.29) is 11.8 Å². The maximum atomic E-state index is 13.6. The summed E-state index contributed by atoms with van der Waals surface area (Å²) in [6.45, 7) is 7.61. The number of fused-ring (bicyclic) bond motifs is 2. The fraction of sp³-hybridized carbons (Fsp3) is 0.417. The van der Waals surface area contributed by atoms with Gasteiger partial charge in [0.15, 0.2) is 0 Å². The number of rotatable bonds is 3. The summed E-state index contributed by atoms with van der Waals surface area (Å²) in [5.74, 6) is 0.270. The lowest BCUT2D eigenvalue weighted by molar-refractivity contribution is -0.138. The van der Waals surface area contributed by atoms with Gasteiger partial charge in [-0.25, -0.2) is 0 Å². The van der Waals surface area contributed by atoms with Gasteiger partial charge in [0.1, 0.15) is 0 Å². The van der Waals surface area contributed by atoms with Crippen molar-refractivity contribution in [2.75, 3.05) is 24.5 Å². The normalized spacial score (nSPS) is 21.5. The molecule has 1 atom stereocenters. The van der Waals surface area contributed by atoms with E-state index < -0.39 is 10.8 Å². The smallest absolute Gasteiger partial charge is 0.239 e. The summed E-state index contributed by atoms with van der Waals surface area (Å²) in [7, 11) is 0. The lowest BCUT2D eigenvalue weighted by Gasteiger charge is -2.28. The van der Waals surface area contributed by atoms with Crippen molar-refractivity contribution in [3.8, 4) is 0 Å². The Morgan fingerprint density at radius 3 is 2.43 bits per heavy atom. The number of nitrogens with zero attached hydrogens (tertiary/aromatic N) is 2. The van der Waals surface area contributed by atoms with Crippen molar-refractivity contribution < 1.29 is 9.59 Å². The Hall–Kier alpha value is -2.62. The summed E-state index contributed by atoms with van der Waals surface area (Å²) in [5, 5.41) is 0. The summed E-state index contributed by atoms with van der Waals surface area (Å²) in [5.41, 5.74) is 2.30. The Bertz CT molecular complexity index is 900. The number of hydrogen-bond donors (Lipinski definition) is 0. The van der Waals surface area contributed by atoms with Crippen LogP contribution in [0, 0.1) is 5.41 Å². The van der Waals surface area contributed by atoms with E-state index in [9.17, 15) is 9.59 Å². The van der Waals surface area contributed by atoms with Crippen LogP contribution >= 0.6 is 0 Å². The van der Waals surface area contributed by atoms with E-state index in [2.05, 4.69) is 18.2 Å². The predicted molar refractivity (Wildman–Crippen MR) is 111 cm³/mol. The molecule has 0 aliphatic carbocycles. The highest BCUT2D eigenvalue weighted by atomic mass is 16.2. The monoisotopic (exact) mass is 376 g/mol. The topological polar surface area (TPSA) is 40.6 Å². The van der Waals surface area contributed by atoms with Gasteiger partial charge >= 0.3 is 0 Å². The zero-order valence-corrected chi connectivity index (χ0v) is 16.9. The second-order valence-electron chi connectivity index (χ2n) is 9.02. The number of amides is 2. The minimum absolute atomic E-state index is 0.123. The van der Waals surface area contributed by atoms with Crippen molar-refractivity contribution >= 4 is 17.5 Å². The average molecular weight is 377 g/mol. The minimum Gasteiger partial charge on any atom is -0.341 e. The predicted octanol–water partition coefficient (Wildman–Crippen LogP) is 3.79. The fourth-order valence-electron chi connectivity index (χ4n) is 4.56. The van der Waals surface area contributed by atoms with Crippen LogP contribution in [0.2, 0.25) is 0 Å². The van der Waals surface area contributed by atoms with Gasteiger partial charge in [-0.15, -0.1) is 0 Å². The molecule has 2 aliphatic heterocycles. The van der Waals surface area contributed by atoms with Crippen molar-refractivity contribution in [2.24, 2.45) is 5.41 Å². The molecule has 1 saturated heterocycles. The zero-order valence-electron chi connectivity index (χ0n) is 16.9. The molecule has 0 bridgehead atoms. The quantitative estimate of drug-likeness (QED) is 0.818. The number of benzene rings is 2. The second kappa shape index (κ2) is 6.77. The van der Waals surface area contributed by atoms with E-state index in [0.29, 0.717) is 26.1 Å². The van der Waals surface area contributed by atoms with Crippen molar-refractivity contribution in [3.05, 3.63) is 65.7 Å². The third kappa shape index (κ3) is 3.01. The molecule has 0 N–H and O–H groups in total. The van der Waals surface area contributed by atoms with Crippen LogP contribution in [0.15, 0.2) is 54.6 Å². The lowest BCUT2D eigenvalue weighted by atomic mass is 9.81. The SMILES string of the molecule is CC(C)(C)C(=O)N1CCC2(C1)C(=O)N(CCc1ccccc1)c1ccccc12. The van der Waals surface area contributed by atoms with Crippen LogP contribution in [0.4, 0.5) is 5.69 Å². The molecule has 1 fully saturated rings. The fourth-order valence-corrected chi connectivity index (χ4v) is 4.56. The molecule has 0 radical (unpaired) electrons. The van der Waals surface area contributed by atoms with Crippen molar-refractivity contribution in [3.63, 3.8) is 0 Å². The highest BCUT2D eigenvalue weighted by Gasteiger charge is 2.55. The molecule has 4 nitrogen and oxygen atoms in total. The van der Waals surface area contributed by atoms with Crippen molar-refractivity contribution in [1.82, 2.24) is 4.90 Å². The molecule has 1 unspecified atom stereocenters. The van der Waals surface area contributed by atoms with Gasteiger partial charge in [-0.05, 0) is 30.0 Å². The van der Waals surface area contributed by atoms with E-state index in [1.54, 1.807) is 0 Å². The van der Waals surface area contributed by atoms with Crippen LogP contribution in [0.1, 0.15) is 38.3 Å². The summed E-state index contributed by atoms with van der Waals surface area (Å²) >= 11 is 0. The van der Waals surface area contributed by atoms with Gasteiger partial charge < -0.3 is 9.80 Å². The van der Waals surface area contributed by atoms with Crippen molar-refractivity contribution in [1.29, 1.82) is 0 Å². The molecule has 4 rings (SSSR count). The highest BCUT2D eigenvalue weighted by Crippen LogP contribution is 2.47. The van der Waals surface area contributed by atoms with Crippen LogP contribution in [0.25, 0.3) is 0 Å². The Kier molecular flexibility index (Phi) is 4.53. The molecule has 0 saturated carbocycles. The number of carbonyl (C=O) groups excluding carboxylic acids is 2. The van der Waals surface area contributed by atoms with Crippen LogP contribution in [0.5, 0.6) is 0 Å². The van der Waals surface area contributed by atoms with Gasteiger partial charge in [-0.1, -0.05) is 69.3 Å². The molecular formula is C24H28N2O2. The van der Waals surface area contributed by atoms with Gasteiger partial charge in [0.2, 0.25) is 11.8 Å². The molecule has 2 aromatic carbocycles. The number of likely N-dealkylation sites (tertiary alicyclic amines) is 1. The molecule has 1 spiro atoms. The van der Waals surface area contributed by atoms with Crippen LogP contribution in [0.3, 0.4) is 0 Å². The number of anilines is 1. The lowest BCUT2D eigenvalue weighted by Crippen LogP contribution is -2.45. The highest BCUT2D eigenvalue weighted by molar-refractivity contribution is 6.09. The summed E-state index contributed by atoms with van der Waals surface area (Å²) in [4.78, 5) is 30.3. The molecule has 2 aromatic rings.